The Morgan fingerprint density at radius 2 is 2.00 bits per heavy atom. The fourth-order valence-electron chi connectivity index (χ4n) is 1.03. The van der Waals surface area contributed by atoms with Gasteiger partial charge in [-0.15, -0.1) is 0 Å². The Labute approximate surface area is 76.1 Å². The zero-order valence-corrected chi connectivity index (χ0v) is 7.28. The van der Waals surface area contributed by atoms with E-state index < -0.39 is 0 Å². The fraction of sp³-hybridized carbons (Fsp3) is 0.200. The molecule has 3 nitrogen and oxygen atoms in total. The number of hydrogen-bond acceptors (Lipinski definition) is 3. The lowest BCUT2D eigenvalue weighted by Crippen LogP contribution is -1.94. The predicted octanol–water partition coefficient (Wildman–Crippen LogP) is 1.79. The van der Waals surface area contributed by atoms with Gasteiger partial charge in [0, 0.05) is 6.42 Å². The molecule has 0 radical (unpaired) electrons. The molecule has 0 spiro atoms. The van der Waals surface area contributed by atoms with Crippen LogP contribution in [0.3, 0.4) is 0 Å². The summed E-state index contributed by atoms with van der Waals surface area (Å²) in [7, 11) is 0. The molecule has 0 aliphatic rings. The number of rotatable bonds is 3. The van der Waals surface area contributed by atoms with Crippen LogP contribution in [0, 0.1) is 0 Å². The summed E-state index contributed by atoms with van der Waals surface area (Å²) in [4.78, 5) is 24.1. The summed E-state index contributed by atoms with van der Waals surface area (Å²) in [6, 6.07) is 6.92. The van der Waals surface area contributed by atoms with E-state index in [1.165, 1.54) is 13.0 Å². The van der Waals surface area contributed by atoms with E-state index in [4.69, 9.17) is 0 Å². The highest BCUT2D eigenvalue weighted by molar-refractivity contribution is 5.78. The van der Waals surface area contributed by atoms with Gasteiger partial charge in [0.15, 0.2) is 0 Å². The quantitative estimate of drug-likeness (QED) is 0.519. The average molecular weight is 175 g/mol. The highest BCUT2D eigenvalue weighted by atomic mass is 16.1. The van der Waals surface area contributed by atoms with Gasteiger partial charge in [-0.05, 0) is 24.6 Å². The largest absolute Gasteiger partial charge is 0.300 e. The van der Waals surface area contributed by atoms with Crippen LogP contribution in [0.1, 0.15) is 12.5 Å². The summed E-state index contributed by atoms with van der Waals surface area (Å²) < 4.78 is 0. The van der Waals surface area contributed by atoms with Gasteiger partial charge in [0.25, 0.3) is 0 Å². The van der Waals surface area contributed by atoms with Crippen LogP contribution >= 0.6 is 0 Å². The van der Waals surface area contributed by atoms with E-state index in [-0.39, 0.29) is 5.78 Å². The zero-order valence-electron chi connectivity index (χ0n) is 7.28. The number of Topliss-reactive ketones (excluding diaryl/α,β-unsaturated/α-hetero) is 1. The molecule has 0 aliphatic heterocycles. The minimum absolute atomic E-state index is 0.117. The molecular weight excluding hydrogens is 166 g/mol. The Morgan fingerprint density at radius 3 is 2.46 bits per heavy atom. The first kappa shape index (κ1) is 9.36. The molecule has 0 amide bonds. The number of carbonyl (C=O) groups excluding carboxylic acids is 2. The van der Waals surface area contributed by atoms with Gasteiger partial charge in [0.1, 0.15) is 5.78 Å². The number of ketones is 1. The molecule has 0 fully saturated rings. The number of carbonyl (C=O) groups is 1. The lowest BCUT2D eigenvalue weighted by molar-refractivity contribution is -0.116. The second-order valence-corrected chi connectivity index (χ2v) is 2.75. The Balaban J connectivity index is 2.80. The zero-order chi connectivity index (χ0) is 9.68. The van der Waals surface area contributed by atoms with Crippen LogP contribution in [0.2, 0.25) is 0 Å². The van der Waals surface area contributed by atoms with Crippen LogP contribution in [-0.4, -0.2) is 11.9 Å². The van der Waals surface area contributed by atoms with Crippen molar-refractivity contribution in [2.24, 2.45) is 4.99 Å². The third kappa shape index (κ3) is 3.01. The predicted molar refractivity (Wildman–Crippen MR) is 48.6 cm³/mol. The van der Waals surface area contributed by atoms with Crippen molar-refractivity contribution in [2.45, 2.75) is 13.3 Å². The van der Waals surface area contributed by atoms with E-state index in [9.17, 15) is 9.59 Å². The fourth-order valence-corrected chi connectivity index (χ4v) is 1.03. The summed E-state index contributed by atoms with van der Waals surface area (Å²) in [5, 5.41) is 0. The topological polar surface area (TPSA) is 46.5 Å². The first-order valence-corrected chi connectivity index (χ1v) is 3.88. The summed E-state index contributed by atoms with van der Waals surface area (Å²) in [6.07, 6.45) is 1.87. The third-order valence-corrected chi connectivity index (χ3v) is 1.56. The van der Waals surface area contributed by atoms with Crippen LogP contribution in [0.15, 0.2) is 29.3 Å². The van der Waals surface area contributed by atoms with Crippen molar-refractivity contribution >= 4 is 17.6 Å². The molecule has 13 heavy (non-hydrogen) atoms. The standard InChI is InChI=1S/C10H9NO2/c1-8(13)6-9-2-4-10(5-3-9)11-7-12/h2-5H,6H2,1H3. The van der Waals surface area contributed by atoms with Crippen molar-refractivity contribution in [3.63, 3.8) is 0 Å². The van der Waals surface area contributed by atoms with Crippen LogP contribution in [0.4, 0.5) is 5.69 Å². The minimum atomic E-state index is 0.117. The first-order chi connectivity index (χ1) is 6.22. The van der Waals surface area contributed by atoms with Crippen molar-refractivity contribution in [3.8, 4) is 0 Å². The normalized spacial score (nSPS) is 9.00. The van der Waals surface area contributed by atoms with Gasteiger partial charge in [-0.2, -0.15) is 4.99 Å². The summed E-state index contributed by atoms with van der Waals surface area (Å²) in [5.74, 6) is 0.117. The second-order valence-electron chi connectivity index (χ2n) is 2.75. The lowest BCUT2D eigenvalue weighted by Gasteiger charge is -1.96. The molecular formula is C10H9NO2. The van der Waals surface area contributed by atoms with Crippen LogP contribution in [-0.2, 0) is 16.0 Å². The molecule has 0 atom stereocenters. The van der Waals surface area contributed by atoms with Crippen LogP contribution in [0.25, 0.3) is 0 Å². The smallest absolute Gasteiger partial charge is 0.240 e. The second kappa shape index (κ2) is 4.33. The van der Waals surface area contributed by atoms with Crippen molar-refractivity contribution in [1.82, 2.24) is 0 Å². The molecule has 0 heterocycles. The van der Waals surface area contributed by atoms with E-state index in [0.717, 1.165) is 5.56 Å². The van der Waals surface area contributed by atoms with Crippen LogP contribution < -0.4 is 0 Å². The molecule has 0 saturated carbocycles. The lowest BCUT2D eigenvalue weighted by atomic mass is 10.1. The third-order valence-electron chi connectivity index (χ3n) is 1.56. The summed E-state index contributed by atoms with van der Waals surface area (Å²) in [6.45, 7) is 1.54. The maximum atomic E-state index is 10.7. The molecule has 0 aromatic heterocycles. The monoisotopic (exact) mass is 175 g/mol. The SMILES string of the molecule is CC(=O)Cc1ccc(N=C=O)cc1. The summed E-state index contributed by atoms with van der Waals surface area (Å²) >= 11 is 0. The van der Waals surface area contributed by atoms with Gasteiger partial charge >= 0.3 is 0 Å². The number of isocyanates is 1. The highest BCUT2D eigenvalue weighted by Crippen LogP contribution is 2.12. The average Bonchev–Trinajstić information content (AvgIpc) is 2.08. The van der Waals surface area contributed by atoms with Crippen molar-refractivity contribution in [1.29, 1.82) is 0 Å². The van der Waals surface area contributed by atoms with E-state index in [1.54, 1.807) is 24.3 Å². The van der Waals surface area contributed by atoms with Crippen molar-refractivity contribution in [2.75, 3.05) is 0 Å². The Morgan fingerprint density at radius 1 is 1.38 bits per heavy atom. The molecule has 0 N–H and O–H groups in total. The van der Waals surface area contributed by atoms with E-state index in [0.29, 0.717) is 12.1 Å². The molecule has 1 aromatic rings. The van der Waals surface area contributed by atoms with E-state index in [2.05, 4.69) is 4.99 Å². The van der Waals surface area contributed by atoms with Gasteiger partial charge in [-0.1, -0.05) is 12.1 Å². The first-order valence-electron chi connectivity index (χ1n) is 3.88. The Kier molecular flexibility index (Phi) is 3.12. The van der Waals surface area contributed by atoms with Crippen LogP contribution in [0.5, 0.6) is 0 Å². The van der Waals surface area contributed by atoms with Gasteiger partial charge in [-0.25, -0.2) is 4.79 Å². The van der Waals surface area contributed by atoms with Crippen molar-refractivity contribution in [3.05, 3.63) is 29.8 Å². The molecule has 1 rings (SSSR count). The molecule has 0 aliphatic carbocycles. The van der Waals surface area contributed by atoms with Gasteiger partial charge in [0.2, 0.25) is 6.08 Å². The Hall–Kier alpha value is -1.73. The Bertz CT molecular complexity index is 348. The van der Waals surface area contributed by atoms with Crippen molar-refractivity contribution < 1.29 is 9.59 Å². The van der Waals surface area contributed by atoms with Gasteiger partial charge in [0.05, 0.1) is 5.69 Å². The molecule has 0 bridgehead atoms. The molecule has 0 saturated heterocycles. The molecule has 0 unspecified atom stereocenters. The minimum Gasteiger partial charge on any atom is -0.300 e. The number of hydrogen-bond donors (Lipinski definition) is 0. The number of aliphatic imine (C=N–C) groups is 1. The number of benzene rings is 1. The molecule has 66 valence electrons. The van der Waals surface area contributed by atoms with E-state index in [1.807, 2.05) is 0 Å². The molecule has 1 aromatic carbocycles. The number of nitrogens with zero attached hydrogens (tertiary/aromatic N) is 1. The van der Waals surface area contributed by atoms with Gasteiger partial charge in [-0.3, -0.25) is 4.79 Å². The maximum absolute atomic E-state index is 10.7. The molecule has 3 heteroatoms. The maximum Gasteiger partial charge on any atom is 0.240 e. The van der Waals surface area contributed by atoms with Gasteiger partial charge < -0.3 is 0 Å². The van der Waals surface area contributed by atoms with E-state index >= 15 is 0 Å². The summed E-state index contributed by atoms with van der Waals surface area (Å²) in [5.41, 5.74) is 1.49. The highest BCUT2D eigenvalue weighted by Gasteiger charge is 1.96.